The zero-order valence-electron chi connectivity index (χ0n) is 12.6. The van der Waals surface area contributed by atoms with Crippen molar-refractivity contribution < 1.29 is 14.3 Å². The Hall–Kier alpha value is -1.37. The highest BCUT2D eigenvalue weighted by Gasteiger charge is 2.10. The number of ether oxygens (including phenoxy) is 2. The van der Waals surface area contributed by atoms with Gasteiger partial charge in [0, 0.05) is 19.4 Å². The lowest BCUT2D eigenvalue weighted by molar-refractivity contribution is -0.116. The second-order valence-electron chi connectivity index (χ2n) is 4.87. The molecule has 0 bridgehead atoms. The number of nitrogens with zero attached hydrogens (tertiary/aromatic N) is 1. The zero-order chi connectivity index (χ0) is 15.9. The van der Waals surface area contributed by atoms with Crippen molar-refractivity contribution in [3.05, 3.63) is 18.2 Å². The maximum absolute atomic E-state index is 11.7. The Bertz CT molecular complexity index is 632. The Morgan fingerprint density at radius 2 is 2.32 bits per heavy atom. The van der Waals surface area contributed by atoms with Crippen molar-refractivity contribution in [2.24, 2.45) is 0 Å². The summed E-state index contributed by atoms with van der Waals surface area (Å²) in [7, 11) is 1.64. The molecule has 0 fully saturated rings. The van der Waals surface area contributed by atoms with Crippen LogP contribution >= 0.6 is 22.9 Å². The van der Waals surface area contributed by atoms with Gasteiger partial charge in [-0.15, -0.1) is 11.6 Å². The molecular formula is C15H19ClN2O3S. The van der Waals surface area contributed by atoms with Crippen molar-refractivity contribution in [1.29, 1.82) is 0 Å². The highest BCUT2D eigenvalue weighted by atomic mass is 35.5. The van der Waals surface area contributed by atoms with E-state index < -0.39 is 0 Å². The molecule has 0 unspecified atom stereocenters. The number of aromatic nitrogens is 1. The standard InChI is InChI=1S/C15H19ClN2O3S/c1-10(9-20-2)21-11-5-6-12-13(8-11)22-15(17-12)18-14(19)4-3-7-16/h5-6,8,10H,3-4,7,9H2,1-2H3,(H,17,18,19)/t10-/m0/s1. The van der Waals surface area contributed by atoms with Gasteiger partial charge >= 0.3 is 0 Å². The average molecular weight is 343 g/mol. The van der Waals surface area contributed by atoms with E-state index >= 15 is 0 Å². The number of carbonyl (C=O) groups excluding carboxylic acids is 1. The van der Waals surface area contributed by atoms with Gasteiger partial charge in [0.1, 0.15) is 11.9 Å². The molecule has 5 nitrogen and oxygen atoms in total. The van der Waals surface area contributed by atoms with E-state index in [0.717, 1.165) is 16.0 Å². The van der Waals surface area contributed by atoms with E-state index in [0.29, 0.717) is 30.5 Å². The molecule has 7 heteroatoms. The molecule has 1 heterocycles. The lowest BCUT2D eigenvalue weighted by Crippen LogP contribution is -2.17. The number of alkyl halides is 1. The minimum absolute atomic E-state index is 0.0231. The van der Waals surface area contributed by atoms with Gasteiger partial charge < -0.3 is 14.8 Å². The third-order valence-electron chi connectivity index (χ3n) is 2.88. The number of hydrogen-bond acceptors (Lipinski definition) is 5. The number of amides is 1. The van der Waals surface area contributed by atoms with Gasteiger partial charge in [-0.1, -0.05) is 11.3 Å². The van der Waals surface area contributed by atoms with E-state index in [1.165, 1.54) is 11.3 Å². The molecule has 2 rings (SSSR count). The van der Waals surface area contributed by atoms with Crippen LogP contribution in [0.3, 0.4) is 0 Å². The highest BCUT2D eigenvalue weighted by Crippen LogP contribution is 2.29. The van der Waals surface area contributed by atoms with E-state index in [9.17, 15) is 4.79 Å². The lowest BCUT2D eigenvalue weighted by atomic mass is 10.3. The number of carbonyl (C=O) groups is 1. The van der Waals surface area contributed by atoms with E-state index in [2.05, 4.69) is 10.3 Å². The Morgan fingerprint density at radius 1 is 1.50 bits per heavy atom. The van der Waals surface area contributed by atoms with Crippen LogP contribution in [0.25, 0.3) is 10.2 Å². The minimum atomic E-state index is -0.0649. The number of anilines is 1. The monoisotopic (exact) mass is 342 g/mol. The summed E-state index contributed by atoms with van der Waals surface area (Å²) in [5.41, 5.74) is 0.837. The first-order valence-electron chi connectivity index (χ1n) is 7.04. The first kappa shape index (κ1) is 17.0. The predicted octanol–water partition coefficient (Wildman–Crippen LogP) is 3.67. The Kier molecular flexibility index (Phi) is 6.42. The van der Waals surface area contributed by atoms with Crippen LogP contribution < -0.4 is 10.1 Å². The largest absolute Gasteiger partial charge is 0.488 e. The summed E-state index contributed by atoms with van der Waals surface area (Å²) in [6.07, 6.45) is 1.04. The van der Waals surface area contributed by atoms with Crippen LogP contribution in [0, 0.1) is 0 Å². The molecule has 1 N–H and O–H groups in total. The molecule has 0 spiro atoms. The SMILES string of the molecule is COC[C@H](C)Oc1ccc2nc(NC(=O)CCCCl)sc2c1. The first-order valence-corrected chi connectivity index (χ1v) is 8.39. The molecule has 0 aliphatic carbocycles. The molecule has 0 saturated heterocycles. The van der Waals surface area contributed by atoms with Gasteiger partial charge in [0.15, 0.2) is 5.13 Å². The fraction of sp³-hybridized carbons (Fsp3) is 0.467. The van der Waals surface area contributed by atoms with Crippen molar-refractivity contribution in [3.63, 3.8) is 0 Å². The lowest BCUT2D eigenvalue weighted by Gasteiger charge is -2.13. The normalized spacial score (nSPS) is 12.3. The number of nitrogens with one attached hydrogen (secondary N) is 1. The smallest absolute Gasteiger partial charge is 0.226 e. The fourth-order valence-corrected chi connectivity index (χ4v) is 2.99. The Morgan fingerprint density at radius 3 is 3.05 bits per heavy atom. The maximum Gasteiger partial charge on any atom is 0.226 e. The van der Waals surface area contributed by atoms with Gasteiger partial charge in [0.05, 0.1) is 16.8 Å². The molecule has 2 aromatic rings. The first-order chi connectivity index (χ1) is 10.6. The molecule has 0 saturated carbocycles. The van der Waals surface area contributed by atoms with Crippen molar-refractivity contribution in [1.82, 2.24) is 4.98 Å². The second kappa shape index (κ2) is 8.31. The number of rotatable bonds is 8. The molecule has 0 aliphatic rings. The van der Waals surface area contributed by atoms with Gasteiger partial charge in [-0.2, -0.15) is 0 Å². The number of fused-ring (bicyclic) bond motifs is 1. The Balaban J connectivity index is 2.05. The van der Waals surface area contributed by atoms with Crippen molar-refractivity contribution in [2.75, 3.05) is 24.9 Å². The van der Waals surface area contributed by atoms with Crippen LogP contribution in [-0.4, -0.2) is 36.6 Å². The third kappa shape index (κ3) is 4.83. The summed E-state index contributed by atoms with van der Waals surface area (Å²) >= 11 is 7.00. The van der Waals surface area contributed by atoms with Gasteiger partial charge in [-0.3, -0.25) is 4.79 Å². The van der Waals surface area contributed by atoms with Crippen LogP contribution in [-0.2, 0) is 9.53 Å². The van der Waals surface area contributed by atoms with Crippen LogP contribution in [0.2, 0.25) is 0 Å². The Labute approximate surface area is 138 Å². The minimum Gasteiger partial charge on any atom is -0.488 e. The average Bonchev–Trinajstić information content (AvgIpc) is 2.86. The quantitative estimate of drug-likeness (QED) is 0.743. The van der Waals surface area contributed by atoms with Crippen molar-refractivity contribution in [2.45, 2.75) is 25.9 Å². The molecule has 22 heavy (non-hydrogen) atoms. The molecule has 0 aliphatic heterocycles. The molecular weight excluding hydrogens is 324 g/mol. The topological polar surface area (TPSA) is 60.5 Å². The summed E-state index contributed by atoms with van der Waals surface area (Å²) in [5.74, 6) is 1.18. The summed E-state index contributed by atoms with van der Waals surface area (Å²) in [6, 6.07) is 5.68. The van der Waals surface area contributed by atoms with Gasteiger partial charge in [-0.05, 0) is 31.5 Å². The molecule has 120 valence electrons. The summed E-state index contributed by atoms with van der Waals surface area (Å²) in [4.78, 5) is 16.1. The second-order valence-corrected chi connectivity index (χ2v) is 6.28. The van der Waals surface area contributed by atoms with E-state index in [1.54, 1.807) is 7.11 Å². The number of benzene rings is 1. The molecule has 0 radical (unpaired) electrons. The van der Waals surface area contributed by atoms with Crippen molar-refractivity contribution >= 4 is 44.2 Å². The zero-order valence-corrected chi connectivity index (χ0v) is 14.2. The van der Waals surface area contributed by atoms with E-state index in [4.69, 9.17) is 21.1 Å². The fourth-order valence-electron chi connectivity index (χ4n) is 1.94. The molecule has 1 aromatic heterocycles. The maximum atomic E-state index is 11.7. The van der Waals surface area contributed by atoms with Crippen LogP contribution in [0.5, 0.6) is 5.75 Å². The number of halogens is 1. The van der Waals surface area contributed by atoms with Crippen LogP contribution in [0.15, 0.2) is 18.2 Å². The van der Waals surface area contributed by atoms with E-state index in [1.807, 2.05) is 25.1 Å². The summed E-state index contributed by atoms with van der Waals surface area (Å²) in [5, 5.41) is 3.39. The predicted molar refractivity (Wildman–Crippen MR) is 90.2 cm³/mol. The van der Waals surface area contributed by atoms with E-state index in [-0.39, 0.29) is 12.0 Å². The van der Waals surface area contributed by atoms with Crippen LogP contribution in [0.1, 0.15) is 19.8 Å². The van der Waals surface area contributed by atoms with Crippen LogP contribution in [0.4, 0.5) is 5.13 Å². The number of hydrogen-bond donors (Lipinski definition) is 1. The molecule has 1 aromatic carbocycles. The number of methoxy groups -OCH3 is 1. The number of thiazole rings is 1. The van der Waals surface area contributed by atoms with Gasteiger partial charge in [0.2, 0.25) is 5.91 Å². The summed E-state index contributed by atoms with van der Waals surface area (Å²) < 4.78 is 11.8. The van der Waals surface area contributed by atoms with Crippen molar-refractivity contribution in [3.8, 4) is 5.75 Å². The summed E-state index contributed by atoms with van der Waals surface area (Å²) in [6.45, 7) is 2.48. The molecule has 1 amide bonds. The molecule has 1 atom stereocenters. The van der Waals surface area contributed by atoms with Gasteiger partial charge in [0.25, 0.3) is 0 Å². The van der Waals surface area contributed by atoms with Gasteiger partial charge in [-0.25, -0.2) is 4.98 Å². The highest BCUT2D eigenvalue weighted by molar-refractivity contribution is 7.22. The third-order valence-corrected chi connectivity index (χ3v) is 4.08.